The van der Waals surface area contributed by atoms with Crippen LogP contribution in [0.5, 0.6) is 0 Å². The third kappa shape index (κ3) is 5.26. The molecule has 0 aliphatic heterocycles. The van der Waals surface area contributed by atoms with Gasteiger partial charge in [-0.1, -0.05) is 135 Å². The molecule has 0 heterocycles. The summed E-state index contributed by atoms with van der Waals surface area (Å²) >= 11 is 0. The summed E-state index contributed by atoms with van der Waals surface area (Å²) < 4.78 is 0. The van der Waals surface area contributed by atoms with E-state index in [4.69, 9.17) is 0 Å². The van der Waals surface area contributed by atoms with Gasteiger partial charge in [-0.3, -0.25) is 0 Å². The van der Waals surface area contributed by atoms with Crippen molar-refractivity contribution in [3.63, 3.8) is 0 Å². The lowest BCUT2D eigenvalue weighted by Crippen LogP contribution is -2.20. The third-order valence-electron chi connectivity index (χ3n) is 12.0. The van der Waals surface area contributed by atoms with Gasteiger partial charge in [0.05, 0.1) is 0 Å². The summed E-state index contributed by atoms with van der Waals surface area (Å²) in [5.74, 6) is 1.35. The lowest BCUT2D eigenvalue weighted by atomic mass is 9.71. The fourth-order valence-corrected chi connectivity index (χ4v) is 8.73. The van der Waals surface area contributed by atoms with E-state index in [1.807, 2.05) is 0 Å². The number of benzene rings is 4. The maximum atomic E-state index is 2.69. The average Bonchev–Trinajstić information content (AvgIpc) is 3.40. The zero-order valence-electron chi connectivity index (χ0n) is 28.2. The Morgan fingerprint density at radius 3 is 1.72 bits per heavy atom. The molecule has 3 aliphatic carbocycles. The summed E-state index contributed by atoms with van der Waals surface area (Å²) in [4.78, 5) is 0. The summed E-state index contributed by atoms with van der Waals surface area (Å²) in [5.41, 5.74) is 12.9. The Balaban J connectivity index is 0.000000777. The van der Waals surface area contributed by atoms with Crippen molar-refractivity contribution in [2.45, 2.75) is 149 Å². The maximum absolute atomic E-state index is 2.69. The van der Waals surface area contributed by atoms with E-state index >= 15 is 0 Å². The summed E-state index contributed by atoms with van der Waals surface area (Å²) in [7, 11) is 0. The molecular formula is C43H56. The van der Waals surface area contributed by atoms with Crippen LogP contribution in [-0.4, -0.2) is 0 Å². The van der Waals surface area contributed by atoms with Gasteiger partial charge >= 0.3 is 0 Å². The van der Waals surface area contributed by atoms with Crippen molar-refractivity contribution in [2.24, 2.45) is 0 Å². The molecule has 0 saturated heterocycles. The molecule has 7 rings (SSSR count). The molecule has 2 saturated carbocycles. The SMILES string of the molecule is CCC(C)(CC)c1ccc2c(C3CCCCC3)c3c(c(C4CCCCC4)c2c1)-c1cccc2c(C)ccc-3c12.CCCC. The van der Waals surface area contributed by atoms with E-state index < -0.39 is 0 Å². The number of rotatable bonds is 6. The van der Waals surface area contributed by atoms with Crippen molar-refractivity contribution < 1.29 is 0 Å². The Morgan fingerprint density at radius 1 is 0.605 bits per heavy atom. The minimum atomic E-state index is 0.238. The van der Waals surface area contributed by atoms with Gasteiger partial charge in [0, 0.05) is 0 Å². The Labute approximate surface area is 262 Å². The van der Waals surface area contributed by atoms with E-state index in [0.29, 0.717) is 11.8 Å². The molecule has 0 N–H and O–H groups in total. The molecule has 0 unspecified atom stereocenters. The van der Waals surface area contributed by atoms with Crippen molar-refractivity contribution in [2.75, 3.05) is 0 Å². The van der Waals surface area contributed by atoms with Gasteiger partial charge in [0.1, 0.15) is 0 Å². The van der Waals surface area contributed by atoms with E-state index in [9.17, 15) is 0 Å². The van der Waals surface area contributed by atoms with E-state index in [2.05, 4.69) is 90.1 Å². The fourth-order valence-electron chi connectivity index (χ4n) is 8.73. The van der Waals surface area contributed by atoms with Crippen LogP contribution in [0.3, 0.4) is 0 Å². The van der Waals surface area contributed by atoms with E-state index in [-0.39, 0.29) is 5.41 Å². The standard InChI is InChI=1S/C39H46.C4H10/c1-5-39(4,6-2)28-21-23-30-33(24-28)35(27-16-11-8-12-17-27)37-31-19-13-18-29-25(3)20-22-32(36(29)31)38(37)34(30)26-14-9-7-10-15-26;1-3-4-2/h13,18-24,26-27H,5-12,14-17H2,1-4H3;3-4H2,1-2H3. The first kappa shape index (κ1) is 30.4. The predicted molar refractivity (Wildman–Crippen MR) is 191 cm³/mol. The highest BCUT2D eigenvalue weighted by atomic mass is 14.4. The highest BCUT2D eigenvalue weighted by molar-refractivity contribution is 6.20. The van der Waals surface area contributed by atoms with Crippen LogP contribution in [0.2, 0.25) is 0 Å². The van der Waals surface area contributed by atoms with Gasteiger partial charge < -0.3 is 0 Å². The summed E-state index contributed by atoms with van der Waals surface area (Å²) in [6.45, 7) is 13.9. The minimum Gasteiger partial charge on any atom is -0.0654 e. The van der Waals surface area contributed by atoms with Crippen LogP contribution in [0.25, 0.3) is 43.8 Å². The normalized spacial score (nSPS) is 17.3. The van der Waals surface area contributed by atoms with Crippen molar-refractivity contribution in [1.29, 1.82) is 0 Å². The zero-order chi connectivity index (χ0) is 30.1. The molecule has 4 aromatic rings. The van der Waals surface area contributed by atoms with E-state index in [1.165, 1.54) is 117 Å². The van der Waals surface area contributed by atoms with Gasteiger partial charge in [0.25, 0.3) is 0 Å². The molecule has 3 aliphatic rings. The summed E-state index contributed by atoms with van der Waals surface area (Å²) in [6.07, 6.45) is 18.7. The number of hydrogen-bond acceptors (Lipinski definition) is 0. The van der Waals surface area contributed by atoms with Gasteiger partial charge in [-0.25, -0.2) is 0 Å². The van der Waals surface area contributed by atoms with Crippen LogP contribution in [-0.2, 0) is 5.41 Å². The van der Waals surface area contributed by atoms with Gasteiger partial charge in [0.15, 0.2) is 0 Å². The van der Waals surface area contributed by atoms with Crippen LogP contribution in [0.15, 0.2) is 48.5 Å². The number of hydrogen-bond donors (Lipinski definition) is 0. The lowest BCUT2D eigenvalue weighted by molar-refractivity contribution is 0.438. The lowest BCUT2D eigenvalue weighted by Gasteiger charge is -2.33. The third-order valence-corrected chi connectivity index (χ3v) is 12.0. The molecule has 228 valence electrons. The van der Waals surface area contributed by atoms with Crippen molar-refractivity contribution in [1.82, 2.24) is 0 Å². The molecule has 0 amide bonds. The molecule has 0 nitrogen and oxygen atoms in total. The minimum absolute atomic E-state index is 0.238. The van der Waals surface area contributed by atoms with Crippen LogP contribution in [0, 0.1) is 6.92 Å². The first-order valence-electron chi connectivity index (χ1n) is 18.1. The van der Waals surface area contributed by atoms with Crippen molar-refractivity contribution in [3.05, 3.63) is 70.8 Å². The molecule has 0 spiro atoms. The molecule has 0 aromatic heterocycles. The molecule has 2 fully saturated rings. The average molecular weight is 573 g/mol. The molecule has 0 heteroatoms. The van der Waals surface area contributed by atoms with E-state index in [1.54, 1.807) is 38.6 Å². The highest BCUT2D eigenvalue weighted by Crippen LogP contribution is 2.58. The van der Waals surface area contributed by atoms with Crippen LogP contribution in [0.4, 0.5) is 0 Å². The molecule has 43 heavy (non-hydrogen) atoms. The topological polar surface area (TPSA) is 0 Å². The Bertz CT molecular complexity index is 1580. The van der Waals surface area contributed by atoms with Gasteiger partial charge in [-0.05, 0) is 129 Å². The smallest absolute Gasteiger partial charge is 0.00235 e. The second-order valence-corrected chi connectivity index (χ2v) is 14.4. The Morgan fingerprint density at radius 2 is 1.16 bits per heavy atom. The van der Waals surface area contributed by atoms with Crippen LogP contribution in [0.1, 0.15) is 159 Å². The Hall–Kier alpha value is -2.60. The van der Waals surface area contributed by atoms with Gasteiger partial charge in [-0.2, -0.15) is 0 Å². The summed E-state index contributed by atoms with van der Waals surface area (Å²) in [5, 5.41) is 6.18. The fraction of sp³-hybridized carbons (Fsp3) is 0.535. The second-order valence-electron chi connectivity index (χ2n) is 14.4. The largest absolute Gasteiger partial charge is 0.0654 e. The number of fused-ring (bicyclic) bond motifs is 4. The first-order chi connectivity index (χ1) is 21.0. The zero-order valence-corrected chi connectivity index (χ0v) is 28.2. The molecule has 4 aromatic carbocycles. The molecule has 0 bridgehead atoms. The Kier molecular flexibility index (Phi) is 9.05. The van der Waals surface area contributed by atoms with Crippen LogP contribution < -0.4 is 0 Å². The molecular weight excluding hydrogens is 516 g/mol. The number of unbranched alkanes of at least 4 members (excludes halogenated alkanes) is 1. The van der Waals surface area contributed by atoms with Crippen molar-refractivity contribution >= 4 is 21.5 Å². The summed E-state index contributed by atoms with van der Waals surface area (Å²) in [6, 6.07) is 19.8. The highest BCUT2D eigenvalue weighted by Gasteiger charge is 2.35. The predicted octanol–water partition coefficient (Wildman–Crippen LogP) is 13.9. The molecule has 0 radical (unpaired) electrons. The monoisotopic (exact) mass is 572 g/mol. The first-order valence-corrected chi connectivity index (χ1v) is 18.1. The van der Waals surface area contributed by atoms with Gasteiger partial charge in [-0.15, -0.1) is 0 Å². The molecule has 0 atom stereocenters. The van der Waals surface area contributed by atoms with Gasteiger partial charge in [0.2, 0.25) is 0 Å². The van der Waals surface area contributed by atoms with Crippen LogP contribution >= 0.6 is 0 Å². The maximum Gasteiger partial charge on any atom is -0.00235 e. The van der Waals surface area contributed by atoms with E-state index in [0.717, 1.165) is 0 Å². The quantitative estimate of drug-likeness (QED) is 0.190. The van der Waals surface area contributed by atoms with Crippen molar-refractivity contribution in [3.8, 4) is 22.3 Å². The second kappa shape index (κ2) is 12.8. The number of aryl methyl sites for hydroxylation is 1.